The lowest BCUT2D eigenvalue weighted by molar-refractivity contribution is -0.131. The lowest BCUT2D eigenvalue weighted by Gasteiger charge is -2.28. The number of hydroxylamine groups is 1. The first-order valence-electron chi connectivity index (χ1n) is 8.70. The number of hydrogen-bond acceptors (Lipinski definition) is 6. The van der Waals surface area contributed by atoms with Gasteiger partial charge in [0.2, 0.25) is 15.7 Å². The number of ether oxygens (including phenoxy) is 2. The van der Waals surface area contributed by atoms with Crippen molar-refractivity contribution in [2.75, 3.05) is 6.61 Å². The van der Waals surface area contributed by atoms with Crippen molar-refractivity contribution < 1.29 is 27.9 Å². The average Bonchev–Trinajstić information content (AvgIpc) is 2.70. The van der Waals surface area contributed by atoms with E-state index in [-0.39, 0.29) is 30.3 Å². The highest BCUT2D eigenvalue weighted by Crippen LogP contribution is 2.31. The van der Waals surface area contributed by atoms with Gasteiger partial charge in [-0.05, 0) is 67.3 Å². The molecule has 7 nitrogen and oxygen atoms in total. The van der Waals surface area contributed by atoms with Crippen molar-refractivity contribution in [2.24, 2.45) is 5.92 Å². The van der Waals surface area contributed by atoms with Crippen molar-refractivity contribution in [3.05, 3.63) is 53.6 Å². The standard InChI is InChI=1S/C19H20ClNO6S/c20-14-1-3-15(4-2-14)27-16-5-7-17(8-6-16)28(24,25)19-12-13(9-10-26-19)11-18(22)21-23/h1-8,13,19,23H,9-12H2,(H,21,22). The second kappa shape index (κ2) is 8.91. The molecule has 3 rings (SSSR count). The number of hydrogen-bond donors (Lipinski definition) is 2. The van der Waals surface area contributed by atoms with Gasteiger partial charge in [0.25, 0.3) is 0 Å². The minimum Gasteiger partial charge on any atom is -0.457 e. The van der Waals surface area contributed by atoms with Crippen molar-refractivity contribution in [3.63, 3.8) is 0 Å². The number of carbonyl (C=O) groups is 1. The van der Waals surface area contributed by atoms with E-state index in [2.05, 4.69) is 0 Å². The summed E-state index contributed by atoms with van der Waals surface area (Å²) in [6.45, 7) is 0.241. The van der Waals surface area contributed by atoms with Crippen LogP contribution in [0.25, 0.3) is 0 Å². The first-order valence-corrected chi connectivity index (χ1v) is 10.6. The van der Waals surface area contributed by atoms with E-state index in [4.69, 9.17) is 26.3 Å². The third kappa shape index (κ3) is 5.02. The monoisotopic (exact) mass is 425 g/mol. The molecule has 1 fully saturated rings. The van der Waals surface area contributed by atoms with Crippen molar-refractivity contribution >= 4 is 27.3 Å². The van der Waals surface area contributed by atoms with Crippen LogP contribution in [-0.4, -0.2) is 31.6 Å². The van der Waals surface area contributed by atoms with E-state index >= 15 is 0 Å². The summed E-state index contributed by atoms with van der Waals surface area (Å²) in [5.41, 5.74) is 0.549. The van der Waals surface area contributed by atoms with E-state index in [1.54, 1.807) is 41.9 Å². The van der Waals surface area contributed by atoms with Gasteiger partial charge >= 0.3 is 0 Å². The Morgan fingerprint density at radius 2 is 1.75 bits per heavy atom. The molecule has 1 saturated heterocycles. The van der Waals surface area contributed by atoms with E-state index in [0.29, 0.717) is 22.9 Å². The van der Waals surface area contributed by atoms with Crippen LogP contribution in [0.15, 0.2) is 53.4 Å². The number of rotatable bonds is 6. The highest BCUT2D eigenvalue weighted by Gasteiger charge is 2.34. The summed E-state index contributed by atoms with van der Waals surface area (Å²) in [6, 6.07) is 12.9. The van der Waals surface area contributed by atoms with Gasteiger partial charge in [0, 0.05) is 18.1 Å². The Balaban J connectivity index is 1.69. The summed E-state index contributed by atoms with van der Waals surface area (Å²) >= 11 is 5.84. The average molecular weight is 426 g/mol. The number of carbonyl (C=O) groups excluding carboxylic acids is 1. The maximum atomic E-state index is 12.9. The molecule has 1 amide bonds. The van der Waals surface area contributed by atoms with Crippen LogP contribution in [0.1, 0.15) is 19.3 Å². The van der Waals surface area contributed by atoms with Crippen LogP contribution < -0.4 is 10.2 Å². The highest BCUT2D eigenvalue weighted by molar-refractivity contribution is 7.91. The normalized spacial score (nSPS) is 19.8. The van der Waals surface area contributed by atoms with Gasteiger partial charge < -0.3 is 9.47 Å². The minimum absolute atomic E-state index is 0.0553. The minimum atomic E-state index is -3.72. The Kier molecular flexibility index (Phi) is 6.56. The first kappa shape index (κ1) is 20.6. The Morgan fingerprint density at radius 3 is 2.36 bits per heavy atom. The molecule has 0 saturated carbocycles. The van der Waals surface area contributed by atoms with Crippen LogP contribution in [0.5, 0.6) is 11.5 Å². The zero-order valence-electron chi connectivity index (χ0n) is 14.9. The predicted molar refractivity (Wildman–Crippen MR) is 102 cm³/mol. The van der Waals surface area contributed by atoms with Gasteiger partial charge in [-0.1, -0.05) is 11.6 Å². The molecule has 0 radical (unpaired) electrons. The van der Waals surface area contributed by atoms with Gasteiger partial charge in [-0.25, -0.2) is 13.9 Å². The molecular formula is C19H20ClNO6S. The van der Waals surface area contributed by atoms with E-state index in [1.165, 1.54) is 12.1 Å². The van der Waals surface area contributed by atoms with Gasteiger partial charge in [-0.15, -0.1) is 0 Å². The molecular weight excluding hydrogens is 406 g/mol. The Labute approximate surface area is 168 Å². The molecule has 0 bridgehead atoms. The van der Waals surface area contributed by atoms with Crippen LogP contribution in [0.3, 0.4) is 0 Å². The molecule has 0 aliphatic carbocycles. The zero-order chi connectivity index (χ0) is 20.1. The summed E-state index contributed by atoms with van der Waals surface area (Å²) in [4.78, 5) is 11.5. The van der Waals surface area contributed by atoms with E-state index < -0.39 is 21.2 Å². The summed E-state index contributed by atoms with van der Waals surface area (Å²) < 4.78 is 36.9. The Hall–Kier alpha value is -2.13. The maximum absolute atomic E-state index is 12.9. The van der Waals surface area contributed by atoms with Crippen molar-refractivity contribution in [2.45, 2.75) is 29.6 Å². The highest BCUT2D eigenvalue weighted by atomic mass is 35.5. The SMILES string of the molecule is O=C(CC1CCOC(S(=O)(=O)c2ccc(Oc3ccc(Cl)cc3)cc2)C1)NO. The van der Waals surface area contributed by atoms with Gasteiger partial charge in [0.15, 0.2) is 5.44 Å². The molecule has 1 aliphatic rings. The Morgan fingerprint density at radius 1 is 1.14 bits per heavy atom. The maximum Gasteiger partial charge on any atom is 0.243 e. The van der Waals surface area contributed by atoms with Crippen LogP contribution >= 0.6 is 11.6 Å². The molecule has 2 aromatic carbocycles. The summed E-state index contributed by atoms with van der Waals surface area (Å²) in [6.07, 6.45) is 0.811. The lowest BCUT2D eigenvalue weighted by atomic mass is 9.96. The summed E-state index contributed by atoms with van der Waals surface area (Å²) in [7, 11) is -3.72. The molecule has 1 aliphatic heterocycles. The Bertz CT molecular complexity index is 914. The fraction of sp³-hybridized carbons (Fsp3) is 0.316. The number of benzene rings is 2. The predicted octanol–water partition coefficient (Wildman–Crippen LogP) is 3.55. The first-order chi connectivity index (χ1) is 13.4. The number of amides is 1. The summed E-state index contributed by atoms with van der Waals surface area (Å²) in [5.74, 6) is 0.365. The van der Waals surface area contributed by atoms with Gasteiger partial charge in [0.1, 0.15) is 11.5 Å². The van der Waals surface area contributed by atoms with Crippen molar-refractivity contribution in [1.82, 2.24) is 5.48 Å². The number of halogens is 1. The molecule has 2 unspecified atom stereocenters. The van der Waals surface area contributed by atoms with Crippen molar-refractivity contribution in [3.8, 4) is 11.5 Å². The quantitative estimate of drug-likeness (QED) is 0.542. The van der Waals surface area contributed by atoms with Crippen LogP contribution in [-0.2, 0) is 19.4 Å². The molecule has 0 spiro atoms. The summed E-state index contributed by atoms with van der Waals surface area (Å²) in [5, 5.41) is 9.24. The third-order valence-electron chi connectivity index (χ3n) is 4.50. The fourth-order valence-electron chi connectivity index (χ4n) is 3.02. The molecule has 2 N–H and O–H groups in total. The molecule has 1 heterocycles. The molecule has 9 heteroatoms. The molecule has 2 atom stereocenters. The van der Waals surface area contributed by atoms with Crippen molar-refractivity contribution in [1.29, 1.82) is 0 Å². The van der Waals surface area contributed by atoms with Gasteiger partial charge in [0.05, 0.1) is 4.90 Å². The molecule has 2 aromatic rings. The smallest absolute Gasteiger partial charge is 0.243 e. The van der Waals surface area contributed by atoms with Crippen LogP contribution in [0.2, 0.25) is 5.02 Å². The van der Waals surface area contributed by atoms with E-state index in [1.807, 2.05) is 0 Å². The van der Waals surface area contributed by atoms with Crippen LogP contribution in [0, 0.1) is 5.92 Å². The van der Waals surface area contributed by atoms with Gasteiger partial charge in [-0.3, -0.25) is 10.0 Å². The molecule has 28 heavy (non-hydrogen) atoms. The van der Waals surface area contributed by atoms with Gasteiger partial charge in [-0.2, -0.15) is 0 Å². The topological polar surface area (TPSA) is 102 Å². The zero-order valence-corrected chi connectivity index (χ0v) is 16.4. The number of nitrogens with one attached hydrogen (secondary N) is 1. The second-order valence-corrected chi connectivity index (χ2v) is 9.03. The molecule has 150 valence electrons. The number of sulfone groups is 1. The van der Waals surface area contributed by atoms with Crippen LogP contribution in [0.4, 0.5) is 0 Å². The lowest BCUT2D eigenvalue weighted by Crippen LogP contribution is -2.34. The van der Waals surface area contributed by atoms with E-state index in [0.717, 1.165) is 0 Å². The third-order valence-corrected chi connectivity index (χ3v) is 6.70. The van der Waals surface area contributed by atoms with E-state index in [9.17, 15) is 13.2 Å². The largest absolute Gasteiger partial charge is 0.457 e. The fourth-order valence-corrected chi connectivity index (χ4v) is 4.77. The second-order valence-electron chi connectivity index (χ2n) is 6.50. The molecule has 0 aromatic heterocycles.